The number of nitrogens with zero attached hydrogens (tertiary/aromatic N) is 3. The van der Waals surface area contributed by atoms with E-state index in [1.54, 1.807) is 36.7 Å². The largest absolute Gasteiger partial charge is 0.392 e. The molecule has 0 atom stereocenters. The van der Waals surface area contributed by atoms with Crippen molar-refractivity contribution in [2.75, 3.05) is 0 Å². The van der Waals surface area contributed by atoms with Crippen molar-refractivity contribution in [2.45, 2.75) is 32.4 Å². The summed E-state index contributed by atoms with van der Waals surface area (Å²) in [5, 5.41) is 16.2. The van der Waals surface area contributed by atoms with E-state index in [1.807, 2.05) is 19.9 Å². The molecule has 2 heterocycles. The van der Waals surface area contributed by atoms with Crippen LogP contribution in [0.15, 0.2) is 47.8 Å². The van der Waals surface area contributed by atoms with Crippen molar-refractivity contribution in [2.24, 2.45) is 5.10 Å². The summed E-state index contributed by atoms with van der Waals surface area (Å²) in [7, 11) is 0. The number of pyridine rings is 1. The number of carbonyl (C=O) groups excluding carboxylic acids is 1. The Kier molecular flexibility index (Phi) is 4.39. The Hall–Kier alpha value is -2.24. The van der Waals surface area contributed by atoms with Gasteiger partial charge in [0.2, 0.25) is 0 Å². The van der Waals surface area contributed by atoms with Crippen LogP contribution in [0.2, 0.25) is 5.02 Å². The van der Waals surface area contributed by atoms with Gasteiger partial charge in [0.1, 0.15) is 0 Å². The smallest absolute Gasteiger partial charge is 0.274 e. The molecule has 0 aliphatic carbocycles. The molecule has 1 aromatic heterocycles. The fourth-order valence-corrected chi connectivity index (χ4v) is 3.03. The molecule has 1 amide bonds. The zero-order chi connectivity index (χ0) is 17.3. The van der Waals surface area contributed by atoms with Gasteiger partial charge < -0.3 is 5.11 Å². The molecule has 2 aromatic rings. The van der Waals surface area contributed by atoms with Crippen molar-refractivity contribution in [1.29, 1.82) is 0 Å². The van der Waals surface area contributed by atoms with Gasteiger partial charge in [0.05, 0.1) is 17.9 Å². The second-order valence-corrected chi connectivity index (χ2v) is 6.78. The van der Waals surface area contributed by atoms with Gasteiger partial charge in [-0.1, -0.05) is 17.7 Å². The van der Waals surface area contributed by atoms with Crippen LogP contribution in [-0.2, 0) is 6.61 Å². The Morgan fingerprint density at radius 2 is 2.00 bits per heavy atom. The average molecular weight is 344 g/mol. The van der Waals surface area contributed by atoms with Crippen molar-refractivity contribution in [3.63, 3.8) is 0 Å². The topological polar surface area (TPSA) is 65.8 Å². The predicted molar refractivity (Wildman–Crippen MR) is 93.0 cm³/mol. The summed E-state index contributed by atoms with van der Waals surface area (Å²) in [6, 6.07) is 8.67. The van der Waals surface area contributed by atoms with E-state index in [2.05, 4.69) is 10.1 Å². The van der Waals surface area contributed by atoms with Crippen LogP contribution in [0.5, 0.6) is 0 Å². The fraction of sp³-hybridized carbons (Fsp3) is 0.278. The number of carbonyl (C=O) groups is 1. The summed E-state index contributed by atoms with van der Waals surface area (Å²) in [5.41, 5.74) is 2.38. The van der Waals surface area contributed by atoms with Crippen LogP contribution in [0.1, 0.15) is 41.8 Å². The molecule has 0 radical (unpaired) electrons. The number of benzene rings is 1. The molecule has 6 heteroatoms. The van der Waals surface area contributed by atoms with Crippen LogP contribution in [-0.4, -0.2) is 32.3 Å². The van der Waals surface area contributed by atoms with Crippen LogP contribution < -0.4 is 0 Å². The molecular weight excluding hydrogens is 326 g/mol. The first-order valence-electron chi connectivity index (χ1n) is 7.64. The SMILES string of the molecule is CC1(C)CC(c2ccc(Cl)cc2CO)=NN1C(=O)c1ccncc1. The third-order valence-electron chi connectivity index (χ3n) is 4.06. The summed E-state index contributed by atoms with van der Waals surface area (Å²) in [4.78, 5) is 16.7. The molecule has 0 saturated carbocycles. The lowest BCUT2D eigenvalue weighted by Crippen LogP contribution is -2.40. The van der Waals surface area contributed by atoms with E-state index in [4.69, 9.17) is 11.6 Å². The van der Waals surface area contributed by atoms with Crippen molar-refractivity contribution in [3.05, 3.63) is 64.4 Å². The zero-order valence-corrected chi connectivity index (χ0v) is 14.3. The molecule has 24 heavy (non-hydrogen) atoms. The molecule has 124 valence electrons. The Bertz CT molecular complexity index is 803. The van der Waals surface area contributed by atoms with Gasteiger partial charge in [-0.05, 0) is 43.7 Å². The molecule has 5 nitrogen and oxygen atoms in total. The summed E-state index contributed by atoms with van der Waals surface area (Å²) >= 11 is 6.00. The quantitative estimate of drug-likeness (QED) is 0.930. The maximum atomic E-state index is 12.8. The van der Waals surface area contributed by atoms with E-state index in [9.17, 15) is 9.90 Å². The predicted octanol–water partition coefficient (Wildman–Crippen LogP) is 3.26. The standard InChI is InChI=1S/C18H18ClN3O2/c1-18(2)10-16(15-4-3-14(19)9-13(15)11-23)21-22(18)17(24)12-5-7-20-8-6-12/h3-9,23H,10-11H2,1-2H3. The number of hydrogen-bond acceptors (Lipinski definition) is 4. The molecule has 1 aliphatic heterocycles. The van der Waals surface area contributed by atoms with Gasteiger partial charge in [-0.25, -0.2) is 5.01 Å². The monoisotopic (exact) mass is 343 g/mol. The minimum absolute atomic E-state index is 0.131. The minimum atomic E-state index is -0.456. The third-order valence-corrected chi connectivity index (χ3v) is 4.30. The van der Waals surface area contributed by atoms with Gasteiger partial charge in [0, 0.05) is 35.0 Å². The highest BCUT2D eigenvalue weighted by atomic mass is 35.5. The third kappa shape index (κ3) is 3.05. The van der Waals surface area contributed by atoms with Crippen molar-refractivity contribution < 1.29 is 9.90 Å². The lowest BCUT2D eigenvalue weighted by molar-refractivity contribution is 0.0612. The van der Waals surface area contributed by atoms with Crippen molar-refractivity contribution in [1.82, 2.24) is 9.99 Å². The Morgan fingerprint density at radius 1 is 1.29 bits per heavy atom. The van der Waals surface area contributed by atoms with Crippen LogP contribution in [0.4, 0.5) is 0 Å². The van der Waals surface area contributed by atoms with Crippen LogP contribution >= 0.6 is 11.6 Å². The number of amides is 1. The maximum absolute atomic E-state index is 12.8. The first-order chi connectivity index (χ1) is 11.4. The maximum Gasteiger partial charge on any atom is 0.274 e. The summed E-state index contributed by atoms with van der Waals surface area (Å²) < 4.78 is 0. The van der Waals surface area contributed by atoms with Gasteiger partial charge >= 0.3 is 0 Å². The van der Waals surface area contributed by atoms with Gasteiger partial charge in [0.25, 0.3) is 5.91 Å². The molecule has 0 fully saturated rings. The Labute approximate surface area is 145 Å². The number of aliphatic hydroxyl groups excluding tert-OH is 1. The van der Waals surface area contributed by atoms with E-state index in [0.29, 0.717) is 22.6 Å². The molecule has 1 N–H and O–H groups in total. The lowest BCUT2D eigenvalue weighted by atomic mass is 9.92. The number of aromatic nitrogens is 1. The van der Waals surface area contributed by atoms with Gasteiger partial charge in [-0.2, -0.15) is 5.10 Å². The molecule has 1 aliphatic rings. The number of hydrogen-bond donors (Lipinski definition) is 1. The second kappa shape index (κ2) is 6.34. The number of hydrazone groups is 1. The van der Waals surface area contributed by atoms with Gasteiger partial charge in [-0.3, -0.25) is 9.78 Å². The zero-order valence-electron chi connectivity index (χ0n) is 13.5. The van der Waals surface area contributed by atoms with Gasteiger partial charge in [-0.15, -0.1) is 0 Å². The lowest BCUT2D eigenvalue weighted by Gasteiger charge is -2.28. The van der Waals surface area contributed by atoms with E-state index in [0.717, 1.165) is 11.3 Å². The highest BCUT2D eigenvalue weighted by molar-refractivity contribution is 6.30. The molecular formula is C18H18ClN3O2. The molecule has 0 bridgehead atoms. The van der Waals surface area contributed by atoms with Crippen molar-refractivity contribution >= 4 is 23.2 Å². The van der Waals surface area contributed by atoms with Gasteiger partial charge in [0.15, 0.2) is 0 Å². The van der Waals surface area contributed by atoms with Crippen LogP contribution in [0.3, 0.4) is 0 Å². The highest BCUT2D eigenvalue weighted by Crippen LogP contribution is 2.32. The Balaban J connectivity index is 1.99. The highest BCUT2D eigenvalue weighted by Gasteiger charge is 2.39. The second-order valence-electron chi connectivity index (χ2n) is 6.35. The van der Waals surface area contributed by atoms with E-state index in [1.165, 1.54) is 5.01 Å². The first-order valence-corrected chi connectivity index (χ1v) is 8.02. The molecule has 3 rings (SSSR count). The normalized spacial score (nSPS) is 16.2. The van der Waals surface area contributed by atoms with Crippen molar-refractivity contribution in [3.8, 4) is 0 Å². The minimum Gasteiger partial charge on any atom is -0.392 e. The summed E-state index contributed by atoms with van der Waals surface area (Å²) in [6.45, 7) is 3.81. The van der Waals surface area contributed by atoms with Crippen LogP contribution in [0, 0.1) is 0 Å². The molecule has 1 aromatic carbocycles. The number of aliphatic hydroxyl groups is 1. The molecule has 0 unspecified atom stereocenters. The van der Waals surface area contributed by atoms with E-state index < -0.39 is 5.54 Å². The Morgan fingerprint density at radius 3 is 2.67 bits per heavy atom. The fourth-order valence-electron chi connectivity index (χ4n) is 2.84. The van der Waals surface area contributed by atoms with E-state index in [-0.39, 0.29) is 12.5 Å². The summed E-state index contributed by atoms with van der Waals surface area (Å²) in [5.74, 6) is -0.170. The first kappa shape index (κ1) is 16.6. The molecule has 0 saturated heterocycles. The molecule has 0 spiro atoms. The number of rotatable bonds is 3. The number of halogens is 1. The summed E-state index contributed by atoms with van der Waals surface area (Å²) in [6.07, 6.45) is 3.77. The van der Waals surface area contributed by atoms with Crippen LogP contribution in [0.25, 0.3) is 0 Å². The van der Waals surface area contributed by atoms with E-state index >= 15 is 0 Å². The average Bonchev–Trinajstić information content (AvgIpc) is 2.90.